The van der Waals surface area contributed by atoms with Crippen LogP contribution in [0.4, 0.5) is 16.4 Å². The van der Waals surface area contributed by atoms with Crippen LogP contribution in [0.2, 0.25) is 0 Å². The van der Waals surface area contributed by atoms with Gasteiger partial charge in [-0.3, -0.25) is 10.1 Å². The second kappa shape index (κ2) is 6.23. The topological polar surface area (TPSA) is 116 Å². The molecule has 5 rings (SSSR count). The Hall–Kier alpha value is -3.14. The Balaban J connectivity index is 1.58. The van der Waals surface area contributed by atoms with Gasteiger partial charge in [-0.25, -0.2) is 9.78 Å². The average Bonchev–Trinajstić information content (AvgIpc) is 3.31. The van der Waals surface area contributed by atoms with E-state index in [0.717, 1.165) is 50.7 Å². The van der Waals surface area contributed by atoms with Gasteiger partial charge in [-0.1, -0.05) is 0 Å². The zero-order valence-corrected chi connectivity index (χ0v) is 14.7. The van der Waals surface area contributed by atoms with Crippen LogP contribution in [0.15, 0.2) is 18.0 Å². The van der Waals surface area contributed by atoms with E-state index in [1.807, 2.05) is 6.07 Å². The minimum absolute atomic E-state index is 0.195. The molecule has 3 amide bonds. The minimum Gasteiger partial charge on any atom is -0.367 e. The molecule has 10 heteroatoms. The van der Waals surface area contributed by atoms with E-state index in [-0.39, 0.29) is 5.70 Å². The predicted molar refractivity (Wildman–Crippen MR) is 99.4 cm³/mol. The standard InChI is InChI=1S/C17H20N8O2/c26-16-12(21-17(27)23-16)7-10-9-19-25-14(20-11-1-2-11)8-13(22-15(10)25)24-5-3-18-4-6-24/h7-9,11,18,20H,1-6H2,(H2,21,23,26,27). The molecule has 0 unspecified atom stereocenters. The van der Waals surface area contributed by atoms with Crippen LogP contribution in [0.25, 0.3) is 11.7 Å². The average molecular weight is 368 g/mol. The predicted octanol–water partition coefficient (Wildman–Crippen LogP) is -0.106. The summed E-state index contributed by atoms with van der Waals surface area (Å²) in [4.78, 5) is 30.2. The third kappa shape index (κ3) is 3.08. The third-order valence-corrected chi connectivity index (χ3v) is 4.88. The molecule has 2 aliphatic heterocycles. The summed E-state index contributed by atoms with van der Waals surface area (Å²) in [6.07, 6.45) is 5.57. The van der Waals surface area contributed by atoms with Gasteiger partial charge < -0.3 is 20.9 Å². The zero-order chi connectivity index (χ0) is 18.4. The summed E-state index contributed by atoms with van der Waals surface area (Å²) < 4.78 is 1.76. The fourth-order valence-electron chi connectivity index (χ4n) is 3.30. The van der Waals surface area contributed by atoms with Crippen molar-refractivity contribution in [3.63, 3.8) is 0 Å². The van der Waals surface area contributed by atoms with Gasteiger partial charge in [0.25, 0.3) is 5.91 Å². The number of carbonyl (C=O) groups excluding carboxylic acids is 2. The number of piperazine rings is 1. The van der Waals surface area contributed by atoms with E-state index in [1.54, 1.807) is 16.8 Å². The lowest BCUT2D eigenvalue weighted by Gasteiger charge is -2.28. The van der Waals surface area contributed by atoms with Crippen LogP contribution in [-0.2, 0) is 4.79 Å². The fraction of sp³-hybridized carbons (Fsp3) is 0.412. The molecule has 2 saturated heterocycles. The first-order valence-corrected chi connectivity index (χ1v) is 9.12. The van der Waals surface area contributed by atoms with Gasteiger partial charge in [0.05, 0.1) is 6.20 Å². The Morgan fingerprint density at radius 1 is 1.19 bits per heavy atom. The highest BCUT2D eigenvalue weighted by Gasteiger charge is 2.26. The summed E-state index contributed by atoms with van der Waals surface area (Å²) in [7, 11) is 0. The molecule has 4 heterocycles. The van der Waals surface area contributed by atoms with Crippen LogP contribution in [0.5, 0.6) is 0 Å². The molecule has 2 aromatic rings. The molecule has 0 atom stereocenters. The lowest BCUT2D eigenvalue weighted by atomic mass is 10.2. The molecule has 0 radical (unpaired) electrons. The van der Waals surface area contributed by atoms with Crippen LogP contribution in [0, 0.1) is 0 Å². The highest BCUT2D eigenvalue weighted by Crippen LogP contribution is 2.28. The van der Waals surface area contributed by atoms with Gasteiger partial charge >= 0.3 is 6.03 Å². The van der Waals surface area contributed by atoms with Crippen LogP contribution in [0.3, 0.4) is 0 Å². The highest BCUT2D eigenvalue weighted by atomic mass is 16.2. The molecule has 0 aromatic carbocycles. The second-order valence-electron chi connectivity index (χ2n) is 6.96. The maximum atomic E-state index is 11.8. The summed E-state index contributed by atoms with van der Waals surface area (Å²) in [5.41, 5.74) is 1.52. The number of anilines is 2. The Morgan fingerprint density at radius 3 is 2.70 bits per heavy atom. The molecular weight excluding hydrogens is 348 g/mol. The van der Waals surface area contributed by atoms with E-state index in [9.17, 15) is 9.59 Å². The van der Waals surface area contributed by atoms with Gasteiger partial charge in [-0.15, -0.1) is 0 Å². The number of imide groups is 1. The summed E-state index contributed by atoms with van der Waals surface area (Å²) in [5, 5.41) is 16.0. The first-order valence-electron chi connectivity index (χ1n) is 9.12. The number of urea groups is 1. The van der Waals surface area contributed by atoms with Gasteiger partial charge in [-0.05, 0) is 18.9 Å². The molecule has 1 saturated carbocycles. The quantitative estimate of drug-likeness (QED) is 0.440. The van der Waals surface area contributed by atoms with Crippen LogP contribution < -0.4 is 26.2 Å². The minimum atomic E-state index is -0.520. The van der Waals surface area contributed by atoms with Crippen molar-refractivity contribution in [3.05, 3.63) is 23.5 Å². The number of amides is 3. The van der Waals surface area contributed by atoms with E-state index in [2.05, 4.69) is 31.3 Å². The van der Waals surface area contributed by atoms with Crippen LogP contribution >= 0.6 is 0 Å². The number of nitrogens with zero attached hydrogens (tertiary/aromatic N) is 4. The molecule has 4 N–H and O–H groups in total. The number of hydrogen-bond donors (Lipinski definition) is 4. The number of nitrogens with one attached hydrogen (secondary N) is 4. The molecular formula is C17H20N8O2. The van der Waals surface area contributed by atoms with Crippen LogP contribution in [0.1, 0.15) is 18.4 Å². The molecule has 3 fully saturated rings. The SMILES string of the molecule is O=C1NC(=O)C(=Cc2cnn3c(NC4CC4)cc(N4CCNCC4)nc23)N1. The fourth-order valence-corrected chi connectivity index (χ4v) is 3.30. The van der Waals surface area contributed by atoms with Crippen molar-refractivity contribution in [2.24, 2.45) is 0 Å². The molecule has 0 spiro atoms. The van der Waals surface area contributed by atoms with Crippen molar-refractivity contribution in [2.75, 3.05) is 36.4 Å². The summed E-state index contributed by atoms with van der Waals surface area (Å²) in [5.74, 6) is 1.32. The van der Waals surface area contributed by atoms with E-state index in [4.69, 9.17) is 4.98 Å². The van der Waals surface area contributed by atoms with Crippen molar-refractivity contribution in [1.82, 2.24) is 30.5 Å². The second-order valence-corrected chi connectivity index (χ2v) is 6.96. The highest BCUT2D eigenvalue weighted by molar-refractivity contribution is 6.14. The van der Waals surface area contributed by atoms with E-state index in [0.29, 0.717) is 17.3 Å². The lowest BCUT2D eigenvalue weighted by molar-refractivity contribution is -0.115. The van der Waals surface area contributed by atoms with E-state index in [1.165, 1.54) is 0 Å². The maximum Gasteiger partial charge on any atom is 0.326 e. The largest absolute Gasteiger partial charge is 0.367 e. The van der Waals surface area contributed by atoms with Crippen molar-refractivity contribution in [3.8, 4) is 0 Å². The van der Waals surface area contributed by atoms with Gasteiger partial charge in [0.1, 0.15) is 17.3 Å². The molecule has 27 heavy (non-hydrogen) atoms. The third-order valence-electron chi connectivity index (χ3n) is 4.88. The normalized spacial score (nSPS) is 21.6. The molecule has 2 aromatic heterocycles. The molecule has 1 aliphatic carbocycles. The van der Waals surface area contributed by atoms with Crippen molar-refractivity contribution in [1.29, 1.82) is 0 Å². The summed E-state index contributed by atoms with van der Waals surface area (Å²) in [6.45, 7) is 3.60. The Morgan fingerprint density at radius 2 is 2.00 bits per heavy atom. The Bertz CT molecular complexity index is 955. The number of hydrogen-bond acceptors (Lipinski definition) is 7. The maximum absolute atomic E-state index is 11.8. The monoisotopic (exact) mass is 368 g/mol. The smallest absolute Gasteiger partial charge is 0.326 e. The molecule has 140 valence electrons. The zero-order valence-electron chi connectivity index (χ0n) is 14.7. The van der Waals surface area contributed by atoms with Crippen molar-refractivity contribution in [2.45, 2.75) is 18.9 Å². The first-order chi connectivity index (χ1) is 13.2. The Labute approximate surface area is 155 Å². The molecule has 3 aliphatic rings. The number of rotatable bonds is 4. The van der Waals surface area contributed by atoms with Gasteiger partial charge in [0, 0.05) is 43.9 Å². The van der Waals surface area contributed by atoms with Crippen LogP contribution in [-0.4, -0.2) is 58.8 Å². The first kappa shape index (κ1) is 16.1. The van der Waals surface area contributed by atoms with Gasteiger partial charge in [0.2, 0.25) is 0 Å². The summed E-state index contributed by atoms with van der Waals surface area (Å²) in [6, 6.07) is 1.98. The van der Waals surface area contributed by atoms with Crippen molar-refractivity contribution < 1.29 is 9.59 Å². The van der Waals surface area contributed by atoms with E-state index < -0.39 is 11.9 Å². The van der Waals surface area contributed by atoms with E-state index >= 15 is 0 Å². The number of aromatic nitrogens is 3. The van der Waals surface area contributed by atoms with Gasteiger partial charge in [-0.2, -0.15) is 9.61 Å². The Kier molecular flexibility index (Phi) is 3.71. The molecule has 10 nitrogen and oxygen atoms in total. The molecule has 0 bridgehead atoms. The number of carbonyl (C=O) groups is 2. The number of fused-ring (bicyclic) bond motifs is 1. The van der Waals surface area contributed by atoms with Gasteiger partial charge in [0.15, 0.2) is 5.65 Å². The van der Waals surface area contributed by atoms with Crippen molar-refractivity contribution >= 4 is 35.3 Å². The summed E-state index contributed by atoms with van der Waals surface area (Å²) >= 11 is 0. The lowest BCUT2D eigenvalue weighted by Crippen LogP contribution is -2.44.